The molecule has 13 heteroatoms. The van der Waals surface area contributed by atoms with E-state index in [2.05, 4.69) is 10.2 Å². The van der Waals surface area contributed by atoms with Crippen LogP contribution in [0, 0.1) is 38.7 Å². The fourth-order valence-electron chi connectivity index (χ4n) is 8.56. The number of rotatable bonds is 13. The summed E-state index contributed by atoms with van der Waals surface area (Å²) in [4.78, 5) is 64.2. The molecule has 1 unspecified atom stereocenters. The van der Waals surface area contributed by atoms with E-state index >= 15 is 4.39 Å². The molecular weight excluding hydrogens is 579 g/mol. The molecule has 0 aromatic rings. The standard InChI is InChI=1S/C31H43FN2O10/c1-19-15-23-22-9-8-20-16-21(35)10-12-28(20,2)30(22,32)24(36)17-29(23,3)31(19,40)25(37)18-43-27(39)11-13-33-26(38)7-5-4-6-14-44-34(41)42/h10,12,16,19,22-24,36,40H,4-9,11,13-15,17-18H2,1-3H3,(H,33,38)/t19-,22-,23-,24-,28-,29?,30-,31-/m0/s1. The zero-order chi connectivity index (χ0) is 32.5. The van der Waals surface area contributed by atoms with E-state index < -0.39 is 69.4 Å². The van der Waals surface area contributed by atoms with Crippen molar-refractivity contribution in [3.05, 3.63) is 33.9 Å². The molecule has 4 aliphatic carbocycles. The summed E-state index contributed by atoms with van der Waals surface area (Å²) in [6.45, 7) is 4.38. The largest absolute Gasteiger partial charge is 0.457 e. The van der Waals surface area contributed by atoms with Gasteiger partial charge < -0.3 is 25.1 Å². The Labute approximate surface area is 255 Å². The number of alkyl halides is 1. The third-order valence-electron chi connectivity index (χ3n) is 10.9. The zero-order valence-corrected chi connectivity index (χ0v) is 25.5. The van der Waals surface area contributed by atoms with Crippen molar-refractivity contribution in [2.75, 3.05) is 19.8 Å². The first kappa shape index (κ1) is 33.7. The summed E-state index contributed by atoms with van der Waals surface area (Å²) in [6.07, 6.45) is 5.32. The summed E-state index contributed by atoms with van der Waals surface area (Å²) < 4.78 is 22.5. The minimum atomic E-state index is -2.09. The van der Waals surface area contributed by atoms with Gasteiger partial charge in [0, 0.05) is 29.7 Å². The van der Waals surface area contributed by atoms with Crippen LogP contribution in [0.25, 0.3) is 0 Å². The number of Topliss-reactive ketones (excluding diaryl/α,β-unsaturated/α-hetero) is 1. The van der Waals surface area contributed by atoms with Crippen LogP contribution in [0.1, 0.15) is 78.6 Å². The highest BCUT2D eigenvalue weighted by atomic mass is 19.1. The molecule has 1 amide bonds. The van der Waals surface area contributed by atoms with Crippen molar-refractivity contribution < 1.29 is 48.4 Å². The van der Waals surface area contributed by atoms with E-state index in [1.54, 1.807) is 26.8 Å². The second-order valence-electron chi connectivity index (χ2n) is 13.2. The van der Waals surface area contributed by atoms with E-state index in [0.29, 0.717) is 44.1 Å². The van der Waals surface area contributed by atoms with Crippen LogP contribution in [0.3, 0.4) is 0 Å². The molecule has 12 nitrogen and oxygen atoms in total. The average Bonchev–Trinajstić information content (AvgIpc) is 3.16. The first-order valence-electron chi connectivity index (χ1n) is 15.4. The Hall–Kier alpha value is -3.19. The number of amides is 1. The molecule has 244 valence electrons. The first-order valence-corrected chi connectivity index (χ1v) is 15.4. The van der Waals surface area contributed by atoms with Crippen molar-refractivity contribution in [2.45, 2.75) is 95.9 Å². The normalized spacial score (nSPS) is 37.2. The number of ketones is 2. The molecule has 4 rings (SSSR count). The maximum atomic E-state index is 17.3. The Kier molecular flexibility index (Phi) is 9.70. The highest BCUT2D eigenvalue weighted by Crippen LogP contribution is 2.70. The second kappa shape index (κ2) is 12.7. The number of nitrogens with one attached hydrogen (secondary N) is 1. The molecule has 0 spiro atoms. The van der Waals surface area contributed by atoms with Gasteiger partial charge in [0.15, 0.2) is 18.1 Å². The number of carbonyl (C=O) groups excluding carboxylic acids is 4. The number of ether oxygens (including phenoxy) is 1. The quantitative estimate of drug-likeness (QED) is 0.120. The molecule has 0 aliphatic heterocycles. The van der Waals surface area contributed by atoms with Crippen molar-refractivity contribution in [2.24, 2.45) is 28.6 Å². The third kappa shape index (κ3) is 5.68. The molecular formula is C31H43FN2O10. The lowest BCUT2D eigenvalue weighted by atomic mass is 9.44. The van der Waals surface area contributed by atoms with E-state index in [-0.39, 0.29) is 44.1 Å². The van der Waals surface area contributed by atoms with Crippen LogP contribution in [-0.2, 0) is 28.8 Å². The Morgan fingerprint density at radius 3 is 2.61 bits per heavy atom. The second-order valence-corrected chi connectivity index (χ2v) is 13.2. The van der Waals surface area contributed by atoms with Crippen molar-refractivity contribution in [3.63, 3.8) is 0 Å². The number of allylic oxidation sites excluding steroid dienone is 4. The first-order chi connectivity index (χ1) is 20.6. The average molecular weight is 623 g/mol. The minimum absolute atomic E-state index is 0.0154. The van der Waals surface area contributed by atoms with Gasteiger partial charge in [-0.15, -0.1) is 10.1 Å². The Balaban J connectivity index is 1.32. The van der Waals surface area contributed by atoms with Crippen molar-refractivity contribution in [1.29, 1.82) is 0 Å². The SMILES string of the molecule is C[C@H]1C[C@H]2[C@@H]3CCC4=CC(=O)C=C[C@]4(C)[C@@]3(F)[C@@H](O)CC2(C)[C@@]1(O)C(=O)COC(=O)CCNC(=O)CCCCCO[N+](=O)[O-]. The molecule has 3 fully saturated rings. The predicted octanol–water partition coefficient (Wildman–Crippen LogP) is 2.72. The van der Waals surface area contributed by atoms with Gasteiger partial charge in [-0.2, -0.15) is 0 Å². The zero-order valence-electron chi connectivity index (χ0n) is 25.5. The molecule has 0 aromatic carbocycles. The Morgan fingerprint density at radius 2 is 1.91 bits per heavy atom. The van der Waals surface area contributed by atoms with E-state index in [9.17, 15) is 39.5 Å². The van der Waals surface area contributed by atoms with Gasteiger partial charge in [0.25, 0.3) is 5.09 Å². The van der Waals surface area contributed by atoms with Gasteiger partial charge in [0.1, 0.15) is 5.60 Å². The fourth-order valence-corrected chi connectivity index (χ4v) is 8.56. The van der Waals surface area contributed by atoms with Crippen LogP contribution in [0.15, 0.2) is 23.8 Å². The van der Waals surface area contributed by atoms with Crippen LogP contribution in [0.4, 0.5) is 4.39 Å². The molecule has 3 N–H and O–H groups in total. The van der Waals surface area contributed by atoms with Gasteiger partial charge in [-0.3, -0.25) is 19.2 Å². The number of hydrogen-bond acceptors (Lipinski definition) is 10. The number of nitrogens with zero attached hydrogens (tertiary/aromatic N) is 1. The van der Waals surface area contributed by atoms with Gasteiger partial charge in [-0.25, -0.2) is 4.39 Å². The van der Waals surface area contributed by atoms with E-state index in [4.69, 9.17) is 4.74 Å². The monoisotopic (exact) mass is 622 g/mol. The van der Waals surface area contributed by atoms with Crippen molar-refractivity contribution in [1.82, 2.24) is 5.32 Å². The predicted molar refractivity (Wildman–Crippen MR) is 153 cm³/mol. The van der Waals surface area contributed by atoms with Crippen molar-refractivity contribution in [3.8, 4) is 0 Å². The number of carbonyl (C=O) groups is 4. The van der Waals surface area contributed by atoms with Crippen molar-refractivity contribution >= 4 is 23.4 Å². The van der Waals surface area contributed by atoms with Gasteiger partial charge in [0.2, 0.25) is 11.7 Å². The van der Waals surface area contributed by atoms with Crippen LogP contribution >= 0.6 is 0 Å². The van der Waals surface area contributed by atoms with Gasteiger partial charge in [-0.05, 0) is 69.4 Å². The molecule has 0 radical (unpaired) electrons. The van der Waals surface area contributed by atoms with Crippen LogP contribution in [-0.4, -0.2) is 75.9 Å². The van der Waals surface area contributed by atoms with E-state index in [0.717, 1.165) is 0 Å². The lowest BCUT2D eigenvalue weighted by molar-refractivity contribution is -0.757. The molecule has 4 aliphatic rings. The van der Waals surface area contributed by atoms with Gasteiger partial charge in [-0.1, -0.05) is 31.9 Å². The molecule has 8 atom stereocenters. The molecule has 3 saturated carbocycles. The minimum Gasteiger partial charge on any atom is -0.457 e. The maximum absolute atomic E-state index is 17.3. The molecule has 44 heavy (non-hydrogen) atoms. The summed E-state index contributed by atoms with van der Waals surface area (Å²) in [6, 6.07) is 0. The topological polar surface area (TPSA) is 182 Å². The number of hydrogen-bond donors (Lipinski definition) is 3. The van der Waals surface area contributed by atoms with Gasteiger partial charge >= 0.3 is 5.97 Å². The molecule has 0 bridgehead atoms. The number of esters is 1. The van der Waals surface area contributed by atoms with Crippen LogP contribution in [0.2, 0.25) is 0 Å². The van der Waals surface area contributed by atoms with E-state index in [1.165, 1.54) is 12.2 Å². The Bertz CT molecular complexity index is 1250. The third-order valence-corrected chi connectivity index (χ3v) is 10.9. The summed E-state index contributed by atoms with van der Waals surface area (Å²) in [7, 11) is 0. The lowest BCUT2D eigenvalue weighted by Crippen LogP contribution is -2.69. The molecule has 0 heterocycles. The van der Waals surface area contributed by atoms with Crippen LogP contribution < -0.4 is 5.32 Å². The highest BCUT2D eigenvalue weighted by Gasteiger charge is 2.75. The maximum Gasteiger partial charge on any atom is 0.308 e. The summed E-state index contributed by atoms with van der Waals surface area (Å²) in [5.41, 5.74) is -5.77. The smallest absolute Gasteiger partial charge is 0.308 e. The number of unbranched alkanes of at least 4 members (excludes halogenated alkanes) is 2. The molecule has 0 aromatic heterocycles. The summed E-state index contributed by atoms with van der Waals surface area (Å²) in [5.74, 6) is -3.65. The number of fused-ring (bicyclic) bond motifs is 5. The Morgan fingerprint density at radius 1 is 1.18 bits per heavy atom. The summed E-state index contributed by atoms with van der Waals surface area (Å²) in [5, 5.41) is 35.2. The number of halogens is 1. The molecule has 0 saturated heterocycles. The lowest BCUT2D eigenvalue weighted by Gasteiger charge is -2.62. The number of aliphatic hydroxyl groups excluding tert-OH is 1. The number of aliphatic hydroxyl groups is 2. The van der Waals surface area contributed by atoms with Crippen LogP contribution in [0.5, 0.6) is 0 Å². The highest BCUT2D eigenvalue weighted by molar-refractivity contribution is 6.01. The van der Waals surface area contributed by atoms with Gasteiger partial charge in [0.05, 0.1) is 19.1 Å². The fraction of sp³-hybridized carbons (Fsp3) is 0.742. The van der Waals surface area contributed by atoms with E-state index in [1.807, 2.05) is 0 Å². The summed E-state index contributed by atoms with van der Waals surface area (Å²) >= 11 is 0.